The lowest BCUT2D eigenvalue weighted by atomic mass is 9.94. The molecule has 0 unspecified atom stereocenters. The van der Waals surface area contributed by atoms with E-state index in [1.807, 2.05) is 44.2 Å². The maximum Gasteiger partial charge on any atom is 0.339 e. The minimum Gasteiger partial charge on any atom is -0.465 e. The zero-order valence-electron chi connectivity index (χ0n) is 23.4. The molecule has 3 aromatic rings. The van der Waals surface area contributed by atoms with E-state index in [9.17, 15) is 9.59 Å². The lowest BCUT2D eigenvalue weighted by Crippen LogP contribution is -2.10. The van der Waals surface area contributed by atoms with Crippen LogP contribution in [-0.4, -0.2) is 19.0 Å². The molecule has 1 aliphatic rings. The van der Waals surface area contributed by atoms with Crippen molar-refractivity contribution in [3.05, 3.63) is 99.1 Å². The van der Waals surface area contributed by atoms with E-state index < -0.39 is 0 Å². The van der Waals surface area contributed by atoms with Crippen molar-refractivity contribution in [3.63, 3.8) is 0 Å². The summed E-state index contributed by atoms with van der Waals surface area (Å²) in [6.07, 6.45) is 6.68. The van der Waals surface area contributed by atoms with Crippen molar-refractivity contribution in [1.29, 1.82) is 0 Å². The van der Waals surface area contributed by atoms with Gasteiger partial charge in [0.05, 0.1) is 18.2 Å². The number of ether oxygens (including phenoxy) is 2. The van der Waals surface area contributed by atoms with E-state index in [0.29, 0.717) is 6.61 Å². The Morgan fingerprint density at radius 3 is 2.10 bits per heavy atom. The van der Waals surface area contributed by atoms with E-state index in [0.717, 1.165) is 64.8 Å². The van der Waals surface area contributed by atoms with Crippen LogP contribution < -0.4 is 0 Å². The Morgan fingerprint density at radius 2 is 1.48 bits per heavy atom. The highest BCUT2D eigenvalue weighted by Crippen LogP contribution is 2.30. The van der Waals surface area contributed by atoms with Crippen LogP contribution in [0.1, 0.15) is 108 Å². The third-order valence-electron chi connectivity index (χ3n) is 6.90. The Labute approximate surface area is 246 Å². The SMILES string of the molecule is C.C.CCCCc1ccc(C)c(C(=O)OC)c1CSc1ccccc1.CCCCc1ccc(C)c2c1COC2=O. The number of unbranched alkanes of at least 4 members (excludes halogenated alkanes) is 2. The van der Waals surface area contributed by atoms with E-state index in [1.165, 1.54) is 36.0 Å². The molecule has 4 rings (SSSR count). The number of fused-ring (bicyclic) bond motifs is 1. The number of esters is 2. The molecule has 0 saturated heterocycles. The van der Waals surface area contributed by atoms with Crippen LogP contribution in [0.25, 0.3) is 0 Å². The Balaban J connectivity index is 0.000000410. The number of methoxy groups -OCH3 is 1. The monoisotopic (exact) mass is 564 g/mol. The number of hydrogen-bond acceptors (Lipinski definition) is 5. The smallest absolute Gasteiger partial charge is 0.339 e. The second-order valence-electron chi connectivity index (χ2n) is 9.67. The van der Waals surface area contributed by atoms with E-state index in [1.54, 1.807) is 11.8 Å². The fraction of sp³-hybridized carbons (Fsp3) is 0.429. The summed E-state index contributed by atoms with van der Waals surface area (Å²) in [4.78, 5) is 25.0. The van der Waals surface area contributed by atoms with E-state index in [-0.39, 0.29) is 26.8 Å². The van der Waals surface area contributed by atoms with Gasteiger partial charge in [-0.2, -0.15) is 0 Å². The van der Waals surface area contributed by atoms with Crippen LogP contribution in [0, 0.1) is 13.8 Å². The van der Waals surface area contributed by atoms with Gasteiger partial charge in [0.25, 0.3) is 0 Å². The van der Waals surface area contributed by atoms with E-state index in [4.69, 9.17) is 9.47 Å². The first-order chi connectivity index (χ1) is 18.4. The predicted octanol–water partition coefficient (Wildman–Crippen LogP) is 9.70. The molecule has 1 heterocycles. The van der Waals surface area contributed by atoms with Gasteiger partial charge in [-0.1, -0.05) is 84.0 Å². The van der Waals surface area contributed by atoms with Crippen molar-refractivity contribution < 1.29 is 19.1 Å². The van der Waals surface area contributed by atoms with Crippen molar-refractivity contribution in [2.45, 2.75) is 98.3 Å². The molecule has 3 aromatic carbocycles. The van der Waals surface area contributed by atoms with Crippen molar-refractivity contribution in [2.24, 2.45) is 0 Å². The molecule has 0 amide bonds. The van der Waals surface area contributed by atoms with Crippen LogP contribution >= 0.6 is 11.8 Å². The van der Waals surface area contributed by atoms with Crippen molar-refractivity contribution >= 4 is 23.7 Å². The minimum atomic E-state index is -0.232. The molecule has 0 spiro atoms. The number of benzene rings is 3. The lowest BCUT2D eigenvalue weighted by molar-refractivity contribution is 0.0533. The summed E-state index contributed by atoms with van der Waals surface area (Å²) in [7, 11) is 1.45. The van der Waals surface area contributed by atoms with Crippen molar-refractivity contribution in [2.75, 3.05) is 7.11 Å². The molecule has 40 heavy (non-hydrogen) atoms. The molecule has 1 aliphatic heterocycles. The van der Waals surface area contributed by atoms with E-state index in [2.05, 4.69) is 38.1 Å². The van der Waals surface area contributed by atoms with Gasteiger partial charge >= 0.3 is 11.9 Å². The molecule has 218 valence electrons. The molecule has 0 bridgehead atoms. The number of carbonyl (C=O) groups excluding carboxylic acids is 2. The van der Waals surface area contributed by atoms with Gasteiger partial charge in [0.1, 0.15) is 6.61 Å². The van der Waals surface area contributed by atoms with Gasteiger partial charge < -0.3 is 9.47 Å². The standard InChI is InChI=1S/C20H24O2S.C13H16O2.2CH4/c1-4-5-9-16-13-12-15(2)19(20(21)22-3)18(16)14-23-17-10-7-6-8-11-17;1-3-4-5-10-7-6-9(2)12-11(10)8-15-13(12)14;;/h6-8,10-13H,4-5,9,14H2,1-3H3;6-7H,3-5,8H2,1-2H3;2*1H4. The molecule has 0 N–H and O–H groups in total. The highest BCUT2D eigenvalue weighted by molar-refractivity contribution is 7.98. The first-order valence-electron chi connectivity index (χ1n) is 13.6. The number of carbonyl (C=O) groups is 2. The Morgan fingerprint density at radius 1 is 0.875 bits per heavy atom. The summed E-state index contributed by atoms with van der Waals surface area (Å²) < 4.78 is 10.1. The van der Waals surface area contributed by atoms with Gasteiger partial charge in [-0.25, -0.2) is 9.59 Å². The third kappa shape index (κ3) is 8.99. The number of thioether (sulfide) groups is 1. The summed E-state index contributed by atoms with van der Waals surface area (Å²) in [5.74, 6) is 0.403. The summed E-state index contributed by atoms with van der Waals surface area (Å²) in [6.45, 7) is 8.78. The minimum absolute atomic E-state index is 0. The first kappa shape index (κ1) is 35.0. The fourth-order valence-corrected chi connectivity index (χ4v) is 5.69. The van der Waals surface area contributed by atoms with Gasteiger partial charge in [-0.3, -0.25) is 0 Å². The largest absolute Gasteiger partial charge is 0.465 e. The molecular weight excluding hydrogens is 516 g/mol. The molecule has 0 atom stereocenters. The Bertz CT molecular complexity index is 1230. The molecule has 0 aromatic heterocycles. The van der Waals surface area contributed by atoms with Gasteiger partial charge in [0.15, 0.2) is 0 Å². The molecule has 4 nitrogen and oxygen atoms in total. The lowest BCUT2D eigenvalue weighted by Gasteiger charge is -2.16. The third-order valence-corrected chi connectivity index (χ3v) is 7.94. The number of hydrogen-bond donors (Lipinski definition) is 0. The Kier molecular flexibility index (Phi) is 15.4. The van der Waals surface area contributed by atoms with Crippen LogP contribution in [0.15, 0.2) is 59.5 Å². The van der Waals surface area contributed by atoms with Gasteiger partial charge in [-0.05, 0) is 79.5 Å². The average Bonchev–Trinajstić information content (AvgIpc) is 3.34. The normalized spacial score (nSPS) is 11.3. The quantitative estimate of drug-likeness (QED) is 0.181. The second-order valence-corrected chi connectivity index (χ2v) is 10.7. The molecule has 0 saturated carbocycles. The summed E-state index contributed by atoms with van der Waals surface area (Å²) in [5.41, 5.74) is 8.36. The summed E-state index contributed by atoms with van der Waals surface area (Å²) in [6, 6.07) is 18.7. The Hall–Kier alpha value is -3.05. The zero-order chi connectivity index (χ0) is 27.5. The zero-order valence-corrected chi connectivity index (χ0v) is 24.2. The fourth-order valence-electron chi connectivity index (χ4n) is 4.70. The molecule has 5 heteroatoms. The maximum absolute atomic E-state index is 12.3. The topological polar surface area (TPSA) is 52.6 Å². The predicted molar refractivity (Wildman–Crippen MR) is 170 cm³/mol. The molecule has 0 radical (unpaired) electrons. The van der Waals surface area contributed by atoms with Crippen LogP contribution in [0.5, 0.6) is 0 Å². The number of rotatable bonds is 10. The highest BCUT2D eigenvalue weighted by atomic mass is 32.2. The highest BCUT2D eigenvalue weighted by Gasteiger charge is 2.25. The van der Waals surface area contributed by atoms with Crippen molar-refractivity contribution in [3.8, 4) is 0 Å². The van der Waals surface area contributed by atoms with Crippen molar-refractivity contribution in [1.82, 2.24) is 0 Å². The molecule has 0 aliphatic carbocycles. The molecule has 0 fully saturated rings. The van der Waals surface area contributed by atoms with Gasteiger partial charge in [0.2, 0.25) is 0 Å². The van der Waals surface area contributed by atoms with E-state index >= 15 is 0 Å². The van der Waals surface area contributed by atoms with Crippen LogP contribution in [0.4, 0.5) is 0 Å². The number of cyclic esters (lactones) is 1. The van der Waals surface area contributed by atoms with Gasteiger partial charge in [0, 0.05) is 16.2 Å². The van der Waals surface area contributed by atoms with Crippen LogP contribution in [0.3, 0.4) is 0 Å². The number of aryl methyl sites for hydroxylation is 4. The van der Waals surface area contributed by atoms with Gasteiger partial charge in [-0.15, -0.1) is 11.8 Å². The van der Waals surface area contributed by atoms with Crippen LogP contribution in [0.2, 0.25) is 0 Å². The summed E-state index contributed by atoms with van der Waals surface area (Å²) >= 11 is 1.76. The van der Waals surface area contributed by atoms with Crippen LogP contribution in [-0.2, 0) is 34.7 Å². The second kappa shape index (κ2) is 17.6. The first-order valence-corrected chi connectivity index (χ1v) is 14.6. The maximum atomic E-state index is 12.3. The molecular formula is C35H48O4S. The summed E-state index contributed by atoms with van der Waals surface area (Å²) in [5, 5.41) is 0. The average molecular weight is 565 g/mol.